The van der Waals surface area contributed by atoms with E-state index in [1.807, 2.05) is 0 Å². The zero-order valence-corrected chi connectivity index (χ0v) is 11.6. The number of carbonyl (C=O) groups excluding carboxylic acids is 1. The maximum absolute atomic E-state index is 11.8. The topological polar surface area (TPSA) is 91.8 Å². The predicted octanol–water partition coefficient (Wildman–Crippen LogP) is 1.21. The average molecular weight is 281 g/mol. The highest BCUT2D eigenvalue weighted by molar-refractivity contribution is 5.88. The zero-order chi connectivity index (χ0) is 15.0. The molecular formula is C13H19N3O4. The van der Waals surface area contributed by atoms with Gasteiger partial charge < -0.3 is 20.1 Å². The van der Waals surface area contributed by atoms with Crippen molar-refractivity contribution >= 4 is 17.7 Å². The normalized spacial score (nSPS) is 10.1. The number of hydrogen-bond donors (Lipinski definition) is 2. The minimum Gasteiger partial charge on any atom is -0.481 e. The van der Waals surface area contributed by atoms with Crippen LogP contribution in [0.2, 0.25) is 0 Å². The van der Waals surface area contributed by atoms with Crippen molar-refractivity contribution in [2.24, 2.45) is 0 Å². The largest absolute Gasteiger partial charge is 0.481 e. The summed E-state index contributed by atoms with van der Waals surface area (Å²) in [5, 5.41) is 11.3. The molecule has 0 spiro atoms. The van der Waals surface area contributed by atoms with Gasteiger partial charge in [0.25, 0.3) is 0 Å². The molecule has 0 atom stereocenters. The monoisotopic (exact) mass is 281 g/mol. The van der Waals surface area contributed by atoms with E-state index >= 15 is 0 Å². The first-order chi connectivity index (χ1) is 9.52. The Bertz CT molecular complexity index is 447. The van der Waals surface area contributed by atoms with Gasteiger partial charge in [0.05, 0.1) is 24.0 Å². The van der Waals surface area contributed by atoms with Gasteiger partial charge in [0, 0.05) is 27.3 Å². The SMILES string of the molecule is COCCCN(C)C(=O)Nc1ccc(CC(=O)O)nc1. The summed E-state index contributed by atoms with van der Waals surface area (Å²) in [6.45, 7) is 1.19. The fraction of sp³-hybridized carbons (Fsp3) is 0.462. The molecule has 0 aliphatic carbocycles. The standard InChI is InChI=1S/C13H19N3O4/c1-16(6-3-7-20-2)13(19)15-11-5-4-10(14-9-11)8-12(17)18/h4-5,9H,3,6-8H2,1-2H3,(H,15,19)(H,17,18). The quantitative estimate of drug-likeness (QED) is 0.733. The molecule has 2 N–H and O–H groups in total. The van der Waals surface area contributed by atoms with Crippen molar-refractivity contribution in [2.75, 3.05) is 32.6 Å². The molecule has 0 saturated heterocycles. The van der Waals surface area contributed by atoms with Crippen LogP contribution in [0.1, 0.15) is 12.1 Å². The molecule has 1 heterocycles. The summed E-state index contributed by atoms with van der Waals surface area (Å²) in [5.74, 6) is -0.938. The van der Waals surface area contributed by atoms with E-state index in [4.69, 9.17) is 9.84 Å². The van der Waals surface area contributed by atoms with Crippen molar-refractivity contribution in [1.29, 1.82) is 0 Å². The fourth-order valence-electron chi connectivity index (χ4n) is 1.52. The molecule has 110 valence electrons. The number of nitrogens with zero attached hydrogens (tertiary/aromatic N) is 2. The van der Waals surface area contributed by atoms with Crippen molar-refractivity contribution in [2.45, 2.75) is 12.8 Å². The summed E-state index contributed by atoms with van der Waals surface area (Å²) in [6.07, 6.45) is 2.07. The first kappa shape index (κ1) is 15.9. The van der Waals surface area contributed by atoms with Crippen molar-refractivity contribution in [1.82, 2.24) is 9.88 Å². The minimum absolute atomic E-state index is 0.134. The van der Waals surface area contributed by atoms with Crippen LogP contribution in [0.25, 0.3) is 0 Å². The first-order valence-electron chi connectivity index (χ1n) is 6.20. The van der Waals surface area contributed by atoms with Crippen LogP contribution in [0.4, 0.5) is 10.5 Å². The number of hydrogen-bond acceptors (Lipinski definition) is 4. The first-order valence-corrected chi connectivity index (χ1v) is 6.20. The van der Waals surface area contributed by atoms with Crippen molar-refractivity contribution in [3.05, 3.63) is 24.0 Å². The number of carbonyl (C=O) groups is 2. The third-order valence-corrected chi connectivity index (χ3v) is 2.60. The van der Waals surface area contributed by atoms with Gasteiger partial charge >= 0.3 is 12.0 Å². The molecule has 0 bridgehead atoms. The van der Waals surface area contributed by atoms with Gasteiger partial charge in [-0.2, -0.15) is 0 Å². The number of pyridine rings is 1. The molecule has 2 amide bonds. The summed E-state index contributed by atoms with van der Waals surface area (Å²) in [6, 6.07) is 2.97. The number of rotatable bonds is 7. The lowest BCUT2D eigenvalue weighted by molar-refractivity contribution is -0.136. The van der Waals surface area contributed by atoms with E-state index in [2.05, 4.69) is 10.3 Å². The van der Waals surface area contributed by atoms with Crippen molar-refractivity contribution in [3.8, 4) is 0 Å². The molecule has 20 heavy (non-hydrogen) atoms. The highest BCUT2D eigenvalue weighted by Crippen LogP contribution is 2.07. The van der Waals surface area contributed by atoms with E-state index in [9.17, 15) is 9.59 Å². The lowest BCUT2D eigenvalue weighted by Crippen LogP contribution is -2.32. The van der Waals surface area contributed by atoms with Crippen LogP contribution in [0.3, 0.4) is 0 Å². The highest BCUT2D eigenvalue weighted by atomic mass is 16.5. The van der Waals surface area contributed by atoms with E-state index in [1.165, 1.54) is 6.20 Å². The summed E-state index contributed by atoms with van der Waals surface area (Å²) < 4.78 is 4.92. The Morgan fingerprint density at radius 2 is 2.20 bits per heavy atom. The Morgan fingerprint density at radius 3 is 2.75 bits per heavy atom. The average Bonchev–Trinajstić information content (AvgIpc) is 2.40. The summed E-state index contributed by atoms with van der Waals surface area (Å²) in [5.41, 5.74) is 0.978. The van der Waals surface area contributed by atoms with Crippen LogP contribution in [-0.2, 0) is 16.0 Å². The number of carboxylic acids is 1. The lowest BCUT2D eigenvalue weighted by atomic mass is 10.2. The third kappa shape index (κ3) is 5.66. The van der Waals surface area contributed by atoms with Gasteiger partial charge in [-0.1, -0.05) is 0 Å². The number of methoxy groups -OCH3 is 1. The van der Waals surface area contributed by atoms with Crippen LogP contribution in [0.5, 0.6) is 0 Å². The smallest absolute Gasteiger partial charge is 0.321 e. The van der Waals surface area contributed by atoms with Gasteiger partial charge in [-0.15, -0.1) is 0 Å². The van der Waals surface area contributed by atoms with Crippen molar-refractivity contribution in [3.63, 3.8) is 0 Å². The molecular weight excluding hydrogens is 262 g/mol. The second-order valence-corrected chi connectivity index (χ2v) is 4.31. The molecule has 7 nitrogen and oxygen atoms in total. The predicted molar refractivity (Wildman–Crippen MR) is 73.7 cm³/mol. The molecule has 0 saturated carbocycles. The number of ether oxygens (including phenoxy) is 1. The second kappa shape index (κ2) is 8.11. The molecule has 1 rings (SSSR count). The van der Waals surface area contributed by atoms with Gasteiger partial charge in [-0.05, 0) is 18.6 Å². The van der Waals surface area contributed by atoms with Gasteiger partial charge in [0.1, 0.15) is 0 Å². The molecule has 0 unspecified atom stereocenters. The van der Waals surface area contributed by atoms with E-state index in [0.717, 1.165) is 6.42 Å². The van der Waals surface area contributed by atoms with E-state index in [0.29, 0.717) is 24.5 Å². The van der Waals surface area contributed by atoms with Gasteiger partial charge in [-0.25, -0.2) is 4.79 Å². The molecule has 7 heteroatoms. The molecule has 0 fully saturated rings. The van der Waals surface area contributed by atoms with Gasteiger partial charge in [-0.3, -0.25) is 9.78 Å². The number of amides is 2. The number of urea groups is 1. The molecule has 0 aliphatic heterocycles. The van der Waals surface area contributed by atoms with E-state index in [1.54, 1.807) is 31.2 Å². The summed E-state index contributed by atoms with van der Waals surface area (Å²) in [4.78, 5) is 27.9. The molecule has 1 aromatic heterocycles. The zero-order valence-electron chi connectivity index (χ0n) is 11.6. The Labute approximate surface area is 117 Å². The van der Waals surface area contributed by atoms with Crippen molar-refractivity contribution < 1.29 is 19.4 Å². The number of carboxylic acid groups (broad SMARTS) is 1. The molecule has 1 aromatic rings. The highest BCUT2D eigenvalue weighted by Gasteiger charge is 2.09. The fourth-order valence-corrected chi connectivity index (χ4v) is 1.52. The minimum atomic E-state index is -0.938. The molecule has 0 aromatic carbocycles. The van der Waals surface area contributed by atoms with Gasteiger partial charge in [0.15, 0.2) is 0 Å². The molecule has 0 aliphatic rings. The Kier molecular flexibility index (Phi) is 6.45. The molecule has 0 radical (unpaired) electrons. The second-order valence-electron chi connectivity index (χ2n) is 4.31. The maximum atomic E-state index is 11.8. The number of anilines is 1. The number of nitrogens with one attached hydrogen (secondary N) is 1. The maximum Gasteiger partial charge on any atom is 0.321 e. The van der Waals surface area contributed by atoms with E-state index < -0.39 is 5.97 Å². The Balaban J connectivity index is 2.47. The summed E-state index contributed by atoms with van der Waals surface area (Å²) >= 11 is 0. The van der Waals surface area contributed by atoms with Crippen LogP contribution >= 0.6 is 0 Å². The van der Waals surface area contributed by atoms with Crippen LogP contribution in [0, 0.1) is 0 Å². The number of aromatic nitrogens is 1. The summed E-state index contributed by atoms with van der Waals surface area (Å²) in [7, 11) is 3.31. The van der Waals surface area contributed by atoms with Crippen LogP contribution in [-0.4, -0.2) is 54.3 Å². The van der Waals surface area contributed by atoms with Crippen LogP contribution in [0.15, 0.2) is 18.3 Å². The lowest BCUT2D eigenvalue weighted by Gasteiger charge is -2.17. The van der Waals surface area contributed by atoms with Crippen LogP contribution < -0.4 is 5.32 Å². The third-order valence-electron chi connectivity index (χ3n) is 2.60. The Morgan fingerprint density at radius 1 is 1.45 bits per heavy atom. The Hall–Kier alpha value is -2.15. The number of aliphatic carboxylic acids is 1. The van der Waals surface area contributed by atoms with Gasteiger partial charge in [0.2, 0.25) is 0 Å². The van der Waals surface area contributed by atoms with E-state index in [-0.39, 0.29) is 12.5 Å².